The first-order chi connectivity index (χ1) is 9.94. The third kappa shape index (κ3) is 3.94. The van der Waals surface area contributed by atoms with Crippen molar-refractivity contribution in [1.29, 1.82) is 0 Å². The lowest BCUT2D eigenvalue weighted by Gasteiger charge is -2.41. The Kier molecular flexibility index (Phi) is 5.21. The number of carbonyl (C=O) groups excluding carboxylic acids is 1. The Bertz CT molecular complexity index is 456. The van der Waals surface area contributed by atoms with Crippen LogP contribution in [0.4, 0.5) is 0 Å². The van der Waals surface area contributed by atoms with E-state index in [0.717, 1.165) is 12.0 Å². The van der Waals surface area contributed by atoms with Gasteiger partial charge in [0.05, 0.1) is 6.04 Å². The Morgan fingerprint density at radius 1 is 1.24 bits per heavy atom. The highest BCUT2D eigenvalue weighted by Gasteiger charge is 2.33. The molecule has 1 aromatic carbocycles. The summed E-state index contributed by atoms with van der Waals surface area (Å²) in [5, 5.41) is 0. The Morgan fingerprint density at radius 3 is 2.33 bits per heavy atom. The summed E-state index contributed by atoms with van der Waals surface area (Å²) in [4.78, 5) is 15.1. The number of benzene rings is 1. The van der Waals surface area contributed by atoms with E-state index in [1.54, 1.807) is 0 Å². The number of hydrogen-bond acceptors (Lipinski definition) is 2. The second kappa shape index (κ2) is 6.74. The Hall–Kier alpha value is -1.15. The minimum absolute atomic E-state index is 0.0126. The van der Waals surface area contributed by atoms with Crippen LogP contribution in [0.1, 0.15) is 63.2 Å². The zero-order chi connectivity index (χ0) is 15.5. The monoisotopic (exact) mass is 287 g/mol. The molecule has 0 aromatic heterocycles. The molecule has 1 saturated carbocycles. The van der Waals surface area contributed by atoms with Crippen LogP contribution in [-0.4, -0.2) is 29.8 Å². The van der Waals surface area contributed by atoms with Crippen LogP contribution in [0.5, 0.6) is 0 Å². The largest absolute Gasteiger partial charge is 0.293 e. The summed E-state index contributed by atoms with van der Waals surface area (Å²) < 4.78 is 0. The highest BCUT2D eigenvalue weighted by atomic mass is 16.1. The fourth-order valence-corrected chi connectivity index (χ4v) is 3.50. The smallest absolute Gasteiger partial charge is 0.179 e. The molecule has 1 fully saturated rings. The number of rotatable bonds is 5. The standard InChI is InChI=1S/C19H29NO/c1-5-17(18(21)15-9-7-6-8-10-15)20(4)16-11-13-19(2,3)14-12-16/h6-10,16-17H,5,11-14H2,1-4H3. The van der Waals surface area contributed by atoms with Gasteiger partial charge in [0.15, 0.2) is 5.78 Å². The van der Waals surface area contributed by atoms with Gasteiger partial charge in [-0.05, 0) is 44.6 Å². The average molecular weight is 287 g/mol. The van der Waals surface area contributed by atoms with Gasteiger partial charge in [0.2, 0.25) is 0 Å². The Labute approximate surface area is 129 Å². The lowest BCUT2D eigenvalue weighted by atomic mass is 9.75. The zero-order valence-electron chi connectivity index (χ0n) is 13.9. The number of likely N-dealkylation sites (N-methyl/N-ethyl adjacent to an activating group) is 1. The topological polar surface area (TPSA) is 20.3 Å². The first-order valence-electron chi connectivity index (χ1n) is 8.26. The van der Waals surface area contributed by atoms with Crippen molar-refractivity contribution in [1.82, 2.24) is 4.90 Å². The van der Waals surface area contributed by atoms with E-state index in [-0.39, 0.29) is 11.8 Å². The molecule has 2 rings (SSSR count). The molecule has 2 nitrogen and oxygen atoms in total. The first kappa shape index (κ1) is 16.2. The van der Waals surface area contributed by atoms with Crippen LogP contribution in [-0.2, 0) is 0 Å². The third-order valence-electron chi connectivity index (χ3n) is 5.12. The van der Waals surface area contributed by atoms with E-state index in [1.165, 1.54) is 25.7 Å². The third-order valence-corrected chi connectivity index (χ3v) is 5.12. The SMILES string of the molecule is CCC(C(=O)c1ccccc1)N(C)C1CCC(C)(C)CC1. The van der Waals surface area contributed by atoms with Gasteiger partial charge >= 0.3 is 0 Å². The van der Waals surface area contributed by atoms with Crippen LogP contribution in [0.2, 0.25) is 0 Å². The van der Waals surface area contributed by atoms with E-state index < -0.39 is 0 Å². The quantitative estimate of drug-likeness (QED) is 0.741. The number of Topliss-reactive ketones (excluding diaryl/α,β-unsaturated/α-hetero) is 1. The molecule has 1 aliphatic rings. The maximum atomic E-state index is 12.7. The van der Waals surface area contributed by atoms with Crippen molar-refractivity contribution in [3.63, 3.8) is 0 Å². The Morgan fingerprint density at radius 2 is 1.81 bits per heavy atom. The lowest BCUT2D eigenvalue weighted by molar-refractivity contribution is 0.0657. The van der Waals surface area contributed by atoms with Crippen molar-refractivity contribution < 1.29 is 4.79 Å². The number of nitrogens with zero attached hydrogens (tertiary/aromatic N) is 1. The molecule has 2 heteroatoms. The van der Waals surface area contributed by atoms with Crippen LogP contribution in [0, 0.1) is 5.41 Å². The van der Waals surface area contributed by atoms with Crippen LogP contribution in [0.25, 0.3) is 0 Å². The van der Waals surface area contributed by atoms with Crippen molar-refractivity contribution in [3.05, 3.63) is 35.9 Å². The van der Waals surface area contributed by atoms with Gasteiger partial charge < -0.3 is 0 Å². The summed E-state index contributed by atoms with van der Waals surface area (Å²) in [7, 11) is 2.14. The van der Waals surface area contributed by atoms with Gasteiger partial charge in [0.25, 0.3) is 0 Å². The molecule has 0 N–H and O–H groups in total. The van der Waals surface area contributed by atoms with Gasteiger partial charge in [-0.15, -0.1) is 0 Å². The molecule has 1 atom stereocenters. The zero-order valence-corrected chi connectivity index (χ0v) is 13.9. The molecule has 0 saturated heterocycles. The average Bonchev–Trinajstić information content (AvgIpc) is 2.48. The number of hydrogen-bond donors (Lipinski definition) is 0. The maximum Gasteiger partial charge on any atom is 0.179 e. The molecular weight excluding hydrogens is 258 g/mol. The van der Waals surface area contributed by atoms with E-state index in [4.69, 9.17) is 0 Å². The number of ketones is 1. The van der Waals surface area contributed by atoms with E-state index in [1.807, 2.05) is 30.3 Å². The molecule has 1 aliphatic carbocycles. The van der Waals surface area contributed by atoms with E-state index in [0.29, 0.717) is 11.5 Å². The van der Waals surface area contributed by atoms with Crippen molar-refractivity contribution >= 4 is 5.78 Å². The molecule has 1 aromatic rings. The fourth-order valence-electron chi connectivity index (χ4n) is 3.50. The minimum atomic E-state index is 0.0126. The molecule has 1 unspecified atom stereocenters. The lowest BCUT2D eigenvalue weighted by Crippen LogP contribution is -2.46. The summed E-state index contributed by atoms with van der Waals surface area (Å²) in [6.07, 6.45) is 5.82. The second-order valence-electron chi connectivity index (χ2n) is 7.22. The fraction of sp³-hybridized carbons (Fsp3) is 0.632. The predicted molar refractivity (Wildman–Crippen MR) is 88.7 cm³/mol. The molecule has 0 spiro atoms. The van der Waals surface area contributed by atoms with E-state index in [2.05, 4.69) is 32.7 Å². The summed E-state index contributed by atoms with van der Waals surface area (Å²) in [5.74, 6) is 0.269. The van der Waals surface area contributed by atoms with Crippen LogP contribution in [0.3, 0.4) is 0 Å². The van der Waals surface area contributed by atoms with Gasteiger partial charge in [-0.25, -0.2) is 0 Å². The van der Waals surface area contributed by atoms with Gasteiger partial charge in [-0.3, -0.25) is 9.69 Å². The second-order valence-corrected chi connectivity index (χ2v) is 7.22. The van der Waals surface area contributed by atoms with Gasteiger partial charge in [0, 0.05) is 11.6 Å². The molecule has 21 heavy (non-hydrogen) atoms. The highest BCUT2D eigenvalue weighted by molar-refractivity contribution is 6.00. The summed E-state index contributed by atoms with van der Waals surface area (Å²) in [6.45, 7) is 6.83. The van der Waals surface area contributed by atoms with Gasteiger partial charge in [-0.2, -0.15) is 0 Å². The van der Waals surface area contributed by atoms with E-state index >= 15 is 0 Å². The molecular formula is C19H29NO. The molecule has 0 aliphatic heterocycles. The van der Waals surface area contributed by atoms with Gasteiger partial charge in [0.1, 0.15) is 0 Å². The summed E-state index contributed by atoms with van der Waals surface area (Å²) in [6, 6.07) is 10.3. The van der Waals surface area contributed by atoms with Crippen LogP contribution >= 0.6 is 0 Å². The maximum absolute atomic E-state index is 12.7. The summed E-state index contributed by atoms with van der Waals surface area (Å²) in [5.41, 5.74) is 1.31. The van der Waals surface area contributed by atoms with Crippen molar-refractivity contribution in [2.45, 2.75) is 65.0 Å². The molecule has 116 valence electrons. The molecule has 0 bridgehead atoms. The minimum Gasteiger partial charge on any atom is -0.293 e. The molecule has 0 radical (unpaired) electrons. The van der Waals surface area contributed by atoms with Crippen LogP contribution < -0.4 is 0 Å². The highest BCUT2D eigenvalue weighted by Crippen LogP contribution is 2.37. The van der Waals surface area contributed by atoms with Crippen molar-refractivity contribution in [3.8, 4) is 0 Å². The predicted octanol–water partition coefficient (Wildman–Crippen LogP) is 4.55. The van der Waals surface area contributed by atoms with Crippen LogP contribution in [0.15, 0.2) is 30.3 Å². The van der Waals surface area contributed by atoms with Gasteiger partial charge in [-0.1, -0.05) is 51.1 Å². The summed E-state index contributed by atoms with van der Waals surface area (Å²) >= 11 is 0. The Balaban J connectivity index is 2.05. The molecule has 0 amide bonds. The molecule has 0 heterocycles. The normalized spacial score (nSPS) is 20.4. The number of carbonyl (C=O) groups is 1. The van der Waals surface area contributed by atoms with E-state index in [9.17, 15) is 4.79 Å². The van der Waals surface area contributed by atoms with Crippen molar-refractivity contribution in [2.24, 2.45) is 5.41 Å². The first-order valence-corrected chi connectivity index (χ1v) is 8.26. The van der Waals surface area contributed by atoms with Crippen molar-refractivity contribution in [2.75, 3.05) is 7.05 Å².